The summed E-state index contributed by atoms with van der Waals surface area (Å²) in [4.78, 5) is 0. The summed E-state index contributed by atoms with van der Waals surface area (Å²) in [5.41, 5.74) is 17.8. The molecule has 0 unspecified atom stereocenters. The third-order valence-corrected chi connectivity index (χ3v) is 11.0. The van der Waals surface area contributed by atoms with Crippen molar-refractivity contribution in [2.24, 2.45) is 0 Å². The smallest absolute Gasteiger partial charge is 0.0541 e. The highest BCUT2D eigenvalue weighted by Crippen LogP contribution is 2.44. The number of aromatic nitrogens is 2. The quantitative estimate of drug-likeness (QED) is 0.180. The van der Waals surface area contributed by atoms with Crippen molar-refractivity contribution in [1.82, 2.24) is 9.13 Å². The molecule has 11 rings (SSSR count). The minimum absolute atomic E-state index is 0.917. The van der Waals surface area contributed by atoms with E-state index in [1.165, 1.54) is 99.5 Å². The van der Waals surface area contributed by atoms with Crippen LogP contribution in [0.4, 0.5) is 0 Å². The van der Waals surface area contributed by atoms with Crippen molar-refractivity contribution in [3.8, 4) is 44.8 Å². The Labute approximate surface area is 296 Å². The van der Waals surface area contributed by atoms with E-state index < -0.39 is 0 Å². The van der Waals surface area contributed by atoms with Gasteiger partial charge in [-0.05, 0) is 105 Å². The van der Waals surface area contributed by atoms with Crippen LogP contribution in [-0.2, 0) is 6.42 Å². The largest absolute Gasteiger partial charge is 0.309 e. The van der Waals surface area contributed by atoms with Gasteiger partial charge in [0.1, 0.15) is 0 Å². The van der Waals surface area contributed by atoms with Crippen LogP contribution in [0.15, 0.2) is 182 Å². The molecule has 2 heteroatoms. The lowest BCUT2D eigenvalue weighted by atomic mass is 9.97. The lowest BCUT2D eigenvalue weighted by Gasteiger charge is -2.13. The second-order valence-corrected chi connectivity index (χ2v) is 13.7. The van der Waals surface area contributed by atoms with E-state index in [1.54, 1.807) is 0 Å². The maximum atomic E-state index is 2.49. The van der Waals surface area contributed by atoms with Gasteiger partial charge >= 0.3 is 0 Å². The molecule has 0 bridgehead atoms. The van der Waals surface area contributed by atoms with E-state index in [0.717, 1.165) is 6.42 Å². The number of benzene rings is 8. The van der Waals surface area contributed by atoms with Gasteiger partial charge in [0.15, 0.2) is 0 Å². The zero-order chi connectivity index (χ0) is 33.5. The molecule has 10 aromatic rings. The fraction of sp³-hybridized carbons (Fsp3) is 0.0204. The van der Waals surface area contributed by atoms with Crippen LogP contribution in [0.1, 0.15) is 11.1 Å². The van der Waals surface area contributed by atoms with Crippen molar-refractivity contribution < 1.29 is 0 Å². The fourth-order valence-electron chi connectivity index (χ4n) is 8.62. The third kappa shape index (κ3) is 4.23. The molecule has 0 radical (unpaired) electrons. The van der Waals surface area contributed by atoms with Gasteiger partial charge in [-0.25, -0.2) is 0 Å². The summed E-state index contributed by atoms with van der Waals surface area (Å²) in [6, 6.07) is 66.8. The Hall–Kier alpha value is -6.64. The van der Waals surface area contributed by atoms with Crippen molar-refractivity contribution in [3.05, 3.63) is 193 Å². The number of rotatable bonds is 4. The molecule has 2 nitrogen and oxygen atoms in total. The number of hydrogen-bond acceptors (Lipinski definition) is 0. The molecular weight excluding hydrogens is 617 g/mol. The Kier molecular flexibility index (Phi) is 6.05. The van der Waals surface area contributed by atoms with Gasteiger partial charge in [-0.15, -0.1) is 0 Å². The van der Waals surface area contributed by atoms with E-state index >= 15 is 0 Å². The lowest BCUT2D eigenvalue weighted by Crippen LogP contribution is -1.99. The SMILES string of the molecule is c1ccc(-c2ccc3c(c2)c2ccccc2n3-c2cccc3c2Cc2ccc(-c4ccc5c(c4)c4ccccc4n5-c4ccccc4)cc2-3)cc1. The van der Waals surface area contributed by atoms with E-state index in [9.17, 15) is 0 Å². The standard InChI is InChI=1S/C49H32N2/c1-3-12-32(13-4-1)33-24-27-49-44(29-33)40-17-8-10-20-46(40)51(49)47-21-11-18-38-41-28-34(22-23-36(41)31-42(38)47)35-25-26-48-43(30-35)39-16-7-9-19-45(39)50(48)37-14-5-2-6-15-37/h1-30H,31H2. The van der Waals surface area contributed by atoms with Crippen LogP contribution in [0.5, 0.6) is 0 Å². The first kappa shape index (κ1) is 28.2. The highest BCUT2D eigenvalue weighted by molar-refractivity contribution is 6.12. The summed E-state index contributed by atoms with van der Waals surface area (Å²) in [5, 5.41) is 5.12. The van der Waals surface area contributed by atoms with E-state index in [4.69, 9.17) is 0 Å². The molecule has 8 aromatic carbocycles. The first-order valence-electron chi connectivity index (χ1n) is 17.7. The molecule has 2 heterocycles. The normalized spacial score (nSPS) is 12.2. The number of para-hydroxylation sites is 3. The Balaban J connectivity index is 1.05. The molecule has 1 aliphatic rings. The summed E-state index contributed by atoms with van der Waals surface area (Å²) in [7, 11) is 0. The molecule has 0 fully saturated rings. The van der Waals surface area contributed by atoms with Gasteiger partial charge in [0.05, 0.1) is 27.8 Å². The van der Waals surface area contributed by atoms with Crippen LogP contribution in [0.25, 0.3) is 88.4 Å². The second kappa shape index (κ2) is 10.9. The first-order chi connectivity index (χ1) is 25.3. The van der Waals surface area contributed by atoms with Crippen LogP contribution in [0, 0.1) is 0 Å². The average molecular weight is 649 g/mol. The zero-order valence-corrected chi connectivity index (χ0v) is 27.9. The maximum Gasteiger partial charge on any atom is 0.0541 e. The van der Waals surface area contributed by atoms with E-state index in [0.29, 0.717) is 0 Å². The summed E-state index contributed by atoms with van der Waals surface area (Å²) in [6.07, 6.45) is 0.917. The topological polar surface area (TPSA) is 9.86 Å². The van der Waals surface area contributed by atoms with Gasteiger partial charge in [-0.1, -0.05) is 121 Å². The molecule has 238 valence electrons. The first-order valence-corrected chi connectivity index (χ1v) is 17.7. The van der Waals surface area contributed by atoms with E-state index in [2.05, 4.69) is 191 Å². The van der Waals surface area contributed by atoms with E-state index in [1.807, 2.05) is 0 Å². The molecule has 0 amide bonds. The number of hydrogen-bond donors (Lipinski definition) is 0. The van der Waals surface area contributed by atoms with Crippen molar-refractivity contribution in [2.75, 3.05) is 0 Å². The third-order valence-electron chi connectivity index (χ3n) is 11.0. The summed E-state index contributed by atoms with van der Waals surface area (Å²) in [5.74, 6) is 0. The molecular formula is C49H32N2. The highest BCUT2D eigenvalue weighted by atomic mass is 15.0. The average Bonchev–Trinajstić information content (AvgIpc) is 3.85. The van der Waals surface area contributed by atoms with Gasteiger partial charge in [-0.3, -0.25) is 0 Å². The van der Waals surface area contributed by atoms with Crippen LogP contribution in [0.2, 0.25) is 0 Å². The number of nitrogens with zero attached hydrogens (tertiary/aromatic N) is 2. The van der Waals surface area contributed by atoms with Gasteiger partial charge in [0.25, 0.3) is 0 Å². The molecule has 0 N–H and O–H groups in total. The van der Waals surface area contributed by atoms with Crippen LogP contribution in [-0.4, -0.2) is 9.13 Å². The molecule has 0 spiro atoms. The second-order valence-electron chi connectivity index (χ2n) is 13.7. The Morgan fingerprint density at radius 3 is 1.61 bits per heavy atom. The zero-order valence-electron chi connectivity index (χ0n) is 27.9. The van der Waals surface area contributed by atoms with E-state index in [-0.39, 0.29) is 0 Å². The Morgan fingerprint density at radius 1 is 0.333 bits per heavy atom. The van der Waals surface area contributed by atoms with Gasteiger partial charge in [-0.2, -0.15) is 0 Å². The highest BCUT2D eigenvalue weighted by Gasteiger charge is 2.24. The molecule has 2 aromatic heterocycles. The van der Waals surface area contributed by atoms with Crippen molar-refractivity contribution >= 4 is 43.6 Å². The Morgan fingerprint density at radius 2 is 0.882 bits per heavy atom. The predicted octanol–water partition coefficient (Wildman–Crippen LogP) is 12.8. The van der Waals surface area contributed by atoms with Crippen molar-refractivity contribution in [3.63, 3.8) is 0 Å². The predicted molar refractivity (Wildman–Crippen MR) is 214 cm³/mol. The van der Waals surface area contributed by atoms with Gasteiger partial charge < -0.3 is 9.13 Å². The maximum absolute atomic E-state index is 2.49. The summed E-state index contributed by atoms with van der Waals surface area (Å²) >= 11 is 0. The summed E-state index contributed by atoms with van der Waals surface area (Å²) in [6.45, 7) is 0. The molecule has 0 saturated heterocycles. The minimum Gasteiger partial charge on any atom is -0.309 e. The van der Waals surface area contributed by atoms with Crippen LogP contribution in [0.3, 0.4) is 0 Å². The van der Waals surface area contributed by atoms with Crippen LogP contribution < -0.4 is 0 Å². The van der Waals surface area contributed by atoms with Crippen LogP contribution >= 0.6 is 0 Å². The number of fused-ring (bicyclic) bond motifs is 9. The van der Waals surface area contributed by atoms with Gasteiger partial charge in [0, 0.05) is 33.7 Å². The Bertz CT molecular complexity index is 2980. The molecule has 0 atom stereocenters. The monoisotopic (exact) mass is 648 g/mol. The fourth-order valence-corrected chi connectivity index (χ4v) is 8.62. The molecule has 1 aliphatic carbocycles. The van der Waals surface area contributed by atoms with Crippen molar-refractivity contribution in [1.29, 1.82) is 0 Å². The molecule has 0 aliphatic heterocycles. The lowest BCUT2D eigenvalue weighted by molar-refractivity contribution is 1.12. The molecule has 0 saturated carbocycles. The minimum atomic E-state index is 0.917. The van der Waals surface area contributed by atoms with Gasteiger partial charge in [0.2, 0.25) is 0 Å². The van der Waals surface area contributed by atoms with Crippen molar-refractivity contribution in [2.45, 2.75) is 6.42 Å². The molecule has 51 heavy (non-hydrogen) atoms. The summed E-state index contributed by atoms with van der Waals surface area (Å²) < 4.78 is 4.87.